The lowest BCUT2D eigenvalue weighted by atomic mass is 9.98. The molecule has 1 aliphatic rings. The topological polar surface area (TPSA) is 79.7 Å². The molecule has 148 valence electrons. The smallest absolute Gasteiger partial charge is 0.410 e. The lowest BCUT2D eigenvalue weighted by Gasteiger charge is -2.24. The van der Waals surface area contributed by atoms with Crippen molar-refractivity contribution in [3.63, 3.8) is 0 Å². The van der Waals surface area contributed by atoms with Crippen LogP contribution >= 0.6 is 11.3 Å². The fourth-order valence-corrected chi connectivity index (χ4v) is 4.32. The third kappa shape index (κ3) is 3.73. The summed E-state index contributed by atoms with van der Waals surface area (Å²) in [5, 5.41) is 11.3. The zero-order chi connectivity index (χ0) is 20.4. The number of carboxylic acid groups (broad SMARTS) is 1. The molecule has 29 heavy (non-hydrogen) atoms. The summed E-state index contributed by atoms with van der Waals surface area (Å²) in [5.41, 5.74) is 6.79. The number of ether oxygens (including phenoxy) is 1. The van der Waals surface area contributed by atoms with Crippen molar-refractivity contribution in [2.75, 3.05) is 13.7 Å². The van der Waals surface area contributed by atoms with E-state index in [-0.39, 0.29) is 18.9 Å². The van der Waals surface area contributed by atoms with Crippen LogP contribution in [0, 0.1) is 0 Å². The molecule has 0 spiro atoms. The number of hydrogen-bond acceptors (Lipinski definition) is 5. The molecule has 0 fully saturated rings. The van der Waals surface area contributed by atoms with E-state index >= 15 is 0 Å². The summed E-state index contributed by atoms with van der Waals surface area (Å²) in [6, 6.07) is 15.1. The SMILES string of the molecule is CN(C(=O)OCC1c2ccccc2-c2ccccc21)C(Cc1cscn1)C(=O)O. The molecular weight excluding hydrogens is 388 g/mol. The minimum absolute atomic E-state index is 0.0680. The van der Waals surface area contributed by atoms with Gasteiger partial charge in [-0.05, 0) is 22.3 Å². The average molecular weight is 408 g/mol. The van der Waals surface area contributed by atoms with Crippen LogP contribution in [-0.4, -0.2) is 46.7 Å². The van der Waals surface area contributed by atoms with Gasteiger partial charge < -0.3 is 9.84 Å². The second kappa shape index (κ2) is 8.05. The summed E-state index contributed by atoms with van der Waals surface area (Å²) in [6.07, 6.45) is -0.519. The van der Waals surface area contributed by atoms with Gasteiger partial charge in [-0.3, -0.25) is 4.90 Å². The number of carboxylic acids is 1. The van der Waals surface area contributed by atoms with Crippen molar-refractivity contribution in [1.29, 1.82) is 0 Å². The maximum atomic E-state index is 12.6. The second-order valence-electron chi connectivity index (χ2n) is 6.95. The van der Waals surface area contributed by atoms with Crippen LogP contribution < -0.4 is 0 Å². The zero-order valence-electron chi connectivity index (χ0n) is 15.8. The maximum Gasteiger partial charge on any atom is 0.410 e. The Hall–Kier alpha value is -3.19. The standard InChI is InChI=1S/C22H20N2O4S/c1-24(20(21(25)26)10-14-12-29-13-23-14)22(27)28-11-19-17-8-4-2-6-15(17)16-7-3-5-9-18(16)19/h2-9,12-13,19-20H,10-11H2,1H3,(H,25,26). The first-order chi connectivity index (χ1) is 14.1. The van der Waals surface area contributed by atoms with Crippen molar-refractivity contribution in [2.45, 2.75) is 18.4 Å². The molecule has 0 bridgehead atoms. The fourth-order valence-electron chi connectivity index (χ4n) is 3.75. The molecule has 1 N–H and O–H groups in total. The molecule has 1 aromatic heterocycles. The number of likely N-dealkylation sites (N-methyl/N-ethyl adjacent to an activating group) is 1. The molecule has 0 aliphatic heterocycles. The monoisotopic (exact) mass is 408 g/mol. The number of nitrogens with zero attached hydrogens (tertiary/aromatic N) is 2. The Kier molecular flexibility index (Phi) is 5.31. The summed E-state index contributed by atoms with van der Waals surface area (Å²) in [7, 11) is 1.45. The third-order valence-corrected chi connectivity index (χ3v) is 5.90. The van der Waals surface area contributed by atoms with Crippen LogP contribution in [0.2, 0.25) is 0 Å². The molecule has 3 aromatic rings. The Labute approximate surface area is 172 Å². The van der Waals surface area contributed by atoms with Crippen molar-refractivity contribution in [2.24, 2.45) is 0 Å². The highest BCUT2D eigenvalue weighted by Gasteiger charge is 2.32. The van der Waals surface area contributed by atoms with E-state index in [0.29, 0.717) is 5.69 Å². The van der Waals surface area contributed by atoms with Crippen LogP contribution in [0.4, 0.5) is 4.79 Å². The Bertz CT molecular complexity index is 989. The quantitative estimate of drug-likeness (QED) is 0.666. The van der Waals surface area contributed by atoms with Crippen molar-refractivity contribution < 1.29 is 19.4 Å². The summed E-state index contributed by atoms with van der Waals surface area (Å²) in [6.45, 7) is 0.153. The average Bonchev–Trinajstić information content (AvgIpc) is 3.36. The summed E-state index contributed by atoms with van der Waals surface area (Å²) < 4.78 is 5.56. The van der Waals surface area contributed by atoms with E-state index in [2.05, 4.69) is 17.1 Å². The normalized spacial score (nSPS) is 13.4. The van der Waals surface area contributed by atoms with E-state index in [9.17, 15) is 14.7 Å². The number of aromatic nitrogens is 1. The van der Waals surface area contributed by atoms with Gasteiger partial charge in [0.05, 0.1) is 11.2 Å². The van der Waals surface area contributed by atoms with Gasteiger partial charge in [-0.25, -0.2) is 14.6 Å². The molecule has 7 heteroatoms. The van der Waals surface area contributed by atoms with Crippen LogP contribution in [0.25, 0.3) is 11.1 Å². The second-order valence-corrected chi connectivity index (χ2v) is 7.67. The highest BCUT2D eigenvalue weighted by molar-refractivity contribution is 7.07. The first-order valence-corrected chi connectivity index (χ1v) is 10.2. The van der Waals surface area contributed by atoms with Gasteiger partial charge in [0.1, 0.15) is 12.6 Å². The van der Waals surface area contributed by atoms with Gasteiger partial charge in [-0.15, -0.1) is 11.3 Å². The highest BCUT2D eigenvalue weighted by Crippen LogP contribution is 2.44. The van der Waals surface area contributed by atoms with E-state index in [1.807, 2.05) is 36.4 Å². The summed E-state index contributed by atoms with van der Waals surface area (Å²) in [5.74, 6) is -1.16. The largest absolute Gasteiger partial charge is 0.480 e. The van der Waals surface area contributed by atoms with Gasteiger partial charge in [0.2, 0.25) is 0 Å². The fraction of sp³-hybridized carbons (Fsp3) is 0.227. The number of amides is 1. The molecular formula is C22H20N2O4S. The van der Waals surface area contributed by atoms with E-state index in [1.165, 1.54) is 18.4 Å². The van der Waals surface area contributed by atoms with Gasteiger partial charge in [0.15, 0.2) is 0 Å². The summed E-state index contributed by atoms with van der Waals surface area (Å²) in [4.78, 5) is 29.6. The lowest BCUT2D eigenvalue weighted by molar-refractivity contribution is -0.142. The molecule has 1 amide bonds. The molecule has 1 atom stereocenters. The van der Waals surface area contributed by atoms with Crippen molar-refractivity contribution in [1.82, 2.24) is 9.88 Å². The first kappa shape index (κ1) is 19.1. The number of carbonyl (C=O) groups excluding carboxylic acids is 1. The first-order valence-electron chi connectivity index (χ1n) is 9.24. The molecule has 0 saturated carbocycles. The number of hydrogen-bond donors (Lipinski definition) is 1. The number of fused-ring (bicyclic) bond motifs is 3. The van der Waals surface area contributed by atoms with Gasteiger partial charge in [0, 0.05) is 24.8 Å². The Balaban J connectivity index is 1.48. The molecule has 6 nitrogen and oxygen atoms in total. The molecule has 4 rings (SSSR count). The molecule has 1 heterocycles. The van der Waals surface area contributed by atoms with E-state index in [4.69, 9.17) is 4.74 Å². The Morgan fingerprint density at radius 3 is 2.31 bits per heavy atom. The van der Waals surface area contributed by atoms with Crippen molar-refractivity contribution >= 4 is 23.4 Å². The zero-order valence-corrected chi connectivity index (χ0v) is 16.6. The van der Waals surface area contributed by atoms with Crippen LogP contribution in [0.3, 0.4) is 0 Å². The maximum absolute atomic E-state index is 12.6. The van der Waals surface area contributed by atoms with E-state index in [0.717, 1.165) is 27.2 Å². The minimum Gasteiger partial charge on any atom is -0.480 e. The molecule has 0 saturated heterocycles. The highest BCUT2D eigenvalue weighted by atomic mass is 32.1. The molecule has 1 unspecified atom stereocenters. The van der Waals surface area contributed by atoms with Gasteiger partial charge in [0.25, 0.3) is 0 Å². The molecule has 1 aliphatic carbocycles. The van der Waals surface area contributed by atoms with E-state index in [1.54, 1.807) is 10.9 Å². The van der Waals surface area contributed by atoms with E-state index < -0.39 is 18.1 Å². The van der Waals surface area contributed by atoms with Crippen LogP contribution in [0.15, 0.2) is 59.4 Å². The number of carbonyl (C=O) groups is 2. The van der Waals surface area contributed by atoms with Crippen LogP contribution in [0.1, 0.15) is 22.7 Å². The molecule has 0 radical (unpaired) electrons. The lowest BCUT2D eigenvalue weighted by Crippen LogP contribution is -2.44. The van der Waals surface area contributed by atoms with Gasteiger partial charge >= 0.3 is 12.1 Å². The van der Waals surface area contributed by atoms with Crippen molar-refractivity contribution in [3.8, 4) is 11.1 Å². The molecule has 2 aromatic carbocycles. The Morgan fingerprint density at radius 2 is 1.76 bits per heavy atom. The van der Waals surface area contributed by atoms with Gasteiger partial charge in [-0.2, -0.15) is 0 Å². The Morgan fingerprint density at radius 1 is 1.14 bits per heavy atom. The van der Waals surface area contributed by atoms with Crippen LogP contribution in [-0.2, 0) is 16.0 Å². The predicted octanol–water partition coefficient (Wildman–Crippen LogP) is 4.02. The van der Waals surface area contributed by atoms with Gasteiger partial charge in [-0.1, -0.05) is 48.5 Å². The third-order valence-electron chi connectivity index (χ3n) is 5.26. The number of aliphatic carboxylic acids is 1. The number of rotatable bonds is 6. The van der Waals surface area contributed by atoms with Crippen molar-refractivity contribution in [3.05, 3.63) is 76.2 Å². The summed E-state index contributed by atoms with van der Waals surface area (Å²) >= 11 is 1.39. The number of benzene rings is 2. The predicted molar refractivity (Wildman–Crippen MR) is 110 cm³/mol. The minimum atomic E-state index is -1.09. The van der Waals surface area contributed by atoms with Crippen LogP contribution in [0.5, 0.6) is 0 Å². The number of thiazole rings is 1.